The molecule has 0 atom stereocenters. The Kier molecular flexibility index (Phi) is 6.44. The van der Waals surface area contributed by atoms with Gasteiger partial charge in [-0.25, -0.2) is 4.79 Å². The molecule has 27 heavy (non-hydrogen) atoms. The summed E-state index contributed by atoms with van der Waals surface area (Å²) in [5.74, 6) is -0.995. The molecule has 0 aliphatic carbocycles. The van der Waals surface area contributed by atoms with Gasteiger partial charge in [-0.05, 0) is 49.2 Å². The maximum atomic E-state index is 12.6. The zero-order chi connectivity index (χ0) is 20.0. The molecule has 0 aromatic heterocycles. The molecule has 8 heteroatoms. The standard InChI is InChI=1S/C19H18F3NO4/c1-12-5-3-8-16(13(12)2)26-11-18(25)27-10-17(24)23-15-7-4-6-14(9-15)19(20,21)22/h3-9H,10-11H2,1-2H3,(H,23,24). The van der Waals surface area contributed by atoms with Crippen molar-refractivity contribution >= 4 is 17.6 Å². The van der Waals surface area contributed by atoms with E-state index >= 15 is 0 Å². The number of esters is 1. The van der Waals surface area contributed by atoms with E-state index in [4.69, 9.17) is 9.47 Å². The lowest BCUT2D eigenvalue weighted by molar-refractivity contribution is -0.149. The van der Waals surface area contributed by atoms with Gasteiger partial charge in [0.25, 0.3) is 5.91 Å². The summed E-state index contributed by atoms with van der Waals surface area (Å²) in [6, 6.07) is 9.55. The molecule has 0 fully saturated rings. The van der Waals surface area contributed by atoms with Crippen LogP contribution in [0.3, 0.4) is 0 Å². The SMILES string of the molecule is Cc1cccc(OCC(=O)OCC(=O)Nc2cccc(C(F)(F)F)c2)c1C. The molecular weight excluding hydrogens is 363 g/mol. The maximum absolute atomic E-state index is 12.6. The van der Waals surface area contributed by atoms with E-state index < -0.39 is 30.2 Å². The number of benzene rings is 2. The predicted octanol–water partition coefficient (Wildman–Crippen LogP) is 3.88. The Balaban J connectivity index is 1.81. The van der Waals surface area contributed by atoms with Crippen molar-refractivity contribution in [1.82, 2.24) is 0 Å². The second-order valence-electron chi connectivity index (χ2n) is 5.77. The summed E-state index contributed by atoms with van der Waals surface area (Å²) >= 11 is 0. The molecule has 0 heterocycles. The molecule has 0 saturated heterocycles. The number of rotatable bonds is 6. The van der Waals surface area contributed by atoms with Gasteiger partial charge < -0.3 is 14.8 Å². The smallest absolute Gasteiger partial charge is 0.416 e. The number of nitrogens with one attached hydrogen (secondary N) is 1. The van der Waals surface area contributed by atoms with Crippen molar-refractivity contribution < 1.29 is 32.2 Å². The van der Waals surface area contributed by atoms with E-state index in [1.165, 1.54) is 12.1 Å². The van der Waals surface area contributed by atoms with Gasteiger partial charge in [-0.1, -0.05) is 18.2 Å². The number of hydrogen-bond donors (Lipinski definition) is 1. The Labute approximate surface area is 154 Å². The van der Waals surface area contributed by atoms with Crippen LogP contribution < -0.4 is 10.1 Å². The third-order valence-corrected chi connectivity index (χ3v) is 3.74. The molecule has 1 amide bonds. The third-order valence-electron chi connectivity index (χ3n) is 3.74. The molecule has 0 bridgehead atoms. The lowest BCUT2D eigenvalue weighted by atomic mass is 10.1. The van der Waals surface area contributed by atoms with Crippen molar-refractivity contribution in [1.29, 1.82) is 0 Å². The van der Waals surface area contributed by atoms with Crippen LogP contribution in [-0.4, -0.2) is 25.1 Å². The highest BCUT2D eigenvalue weighted by molar-refractivity contribution is 5.92. The molecule has 2 aromatic carbocycles. The van der Waals surface area contributed by atoms with Gasteiger partial charge in [-0.15, -0.1) is 0 Å². The lowest BCUT2D eigenvalue weighted by Crippen LogP contribution is -2.24. The fraction of sp³-hybridized carbons (Fsp3) is 0.263. The fourth-order valence-electron chi connectivity index (χ4n) is 2.18. The highest BCUT2D eigenvalue weighted by atomic mass is 19.4. The average Bonchev–Trinajstić information content (AvgIpc) is 2.61. The van der Waals surface area contributed by atoms with Crippen molar-refractivity contribution in [2.45, 2.75) is 20.0 Å². The number of hydrogen-bond acceptors (Lipinski definition) is 4. The normalized spacial score (nSPS) is 11.0. The van der Waals surface area contributed by atoms with Crippen molar-refractivity contribution in [2.75, 3.05) is 18.5 Å². The molecule has 0 spiro atoms. The number of carbonyl (C=O) groups excluding carboxylic acids is 2. The van der Waals surface area contributed by atoms with Gasteiger partial charge >= 0.3 is 12.1 Å². The highest BCUT2D eigenvalue weighted by Gasteiger charge is 2.30. The van der Waals surface area contributed by atoms with Crippen LogP contribution in [0.15, 0.2) is 42.5 Å². The molecule has 1 N–H and O–H groups in total. The van der Waals surface area contributed by atoms with Crippen LogP contribution in [0.5, 0.6) is 5.75 Å². The third kappa shape index (κ3) is 6.02. The van der Waals surface area contributed by atoms with Gasteiger partial charge in [0.1, 0.15) is 5.75 Å². The van der Waals surface area contributed by atoms with Crippen molar-refractivity contribution in [3.63, 3.8) is 0 Å². The van der Waals surface area contributed by atoms with Crippen LogP contribution in [0.1, 0.15) is 16.7 Å². The molecule has 0 unspecified atom stereocenters. The van der Waals surface area contributed by atoms with E-state index in [1.54, 1.807) is 12.1 Å². The molecule has 5 nitrogen and oxygen atoms in total. The summed E-state index contributed by atoms with van der Waals surface area (Å²) in [6.45, 7) is 2.73. The summed E-state index contributed by atoms with van der Waals surface area (Å²) in [4.78, 5) is 23.4. The number of alkyl halides is 3. The minimum Gasteiger partial charge on any atom is -0.482 e. The summed E-state index contributed by atoms with van der Waals surface area (Å²) in [6.07, 6.45) is -4.52. The Hall–Kier alpha value is -3.03. The number of ether oxygens (including phenoxy) is 2. The van der Waals surface area contributed by atoms with Crippen LogP contribution in [-0.2, 0) is 20.5 Å². The van der Waals surface area contributed by atoms with Crippen molar-refractivity contribution in [2.24, 2.45) is 0 Å². The maximum Gasteiger partial charge on any atom is 0.416 e. The summed E-state index contributed by atoms with van der Waals surface area (Å²) in [5, 5.41) is 2.24. The zero-order valence-electron chi connectivity index (χ0n) is 14.7. The highest BCUT2D eigenvalue weighted by Crippen LogP contribution is 2.30. The number of carbonyl (C=O) groups is 2. The number of aryl methyl sites for hydroxylation is 1. The number of anilines is 1. The minimum absolute atomic E-state index is 0.0440. The first-order valence-corrected chi connectivity index (χ1v) is 7.98. The molecule has 0 aliphatic rings. The first kappa shape index (κ1) is 20.3. The van der Waals surface area contributed by atoms with E-state index in [0.717, 1.165) is 23.3 Å². The molecule has 0 radical (unpaired) electrons. The zero-order valence-corrected chi connectivity index (χ0v) is 14.7. The molecule has 0 saturated carbocycles. The van der Waals surface area contributed by atoms with E-state index in [9.17, 15) is 22.8 Å². The first-order chi connectivity index (χ1) is 12.7. The first-order valence-electron chi connectivity index (χ1n) is 7.98. The molecule has 2 rings (SSSR count). The summed E-state index contributed by atoms with van der Waals surface area (Å²) in [7, 11) is 0. The van der Waals surface area contributed by atoms with Crippen LogP contribution in [0.4, 0.5) is 18.9 Å². The average molecular weight is 381 g/mol. The van der Waals surface area contributed by atoms with Gasteiger partial charge in [0.15, 0.2) is 13.2 Å². The molecule has 144 valence electrons. The number of halogens is 3. The van der Waals surface area contributed by atoms with Gasteiger partial charge in [0, 0.05) is 5.69 Å². The van der Waals surface area contributed by atoms with E-state index in [0.29, 0.717) is 5.75 Å². The Bertz CT molecular complexity index is 834. The van der Waals surface area contributed by atoms with Crippen LogP contribution in [0, 0.1) is 13.8 Å². The van der Waals surface area contributed by atoms with E-state index in [2.05, 4.69) is 5.32 Å². The van der Waals surface area contributed by atoms with Gasteiger partial charge in [-0.3, -0.25) is 4.79 Å². The number of amides is 1. The lowest BCUT2D eigenvalue weighted by Gasteiger charge is -2.11. The van der Waals surface area contributed by atoms with E-state index in [1.807, 2.05) is 19.9 Å². The predicted molar refractivity (Wildman–Crippen MR) is 92.4 cm³/mol. The largest absolute Gasteiger partial charge is 0.482 e. The quantitative estimate of drug-likeness (QED) is 0.772. The molecular formula is C19H18F3NO4. The van der Waals surface area contributed by atoms with Crippen LogP contribution >= 0.6 is 0 Å². The fourth-order valence-corrected chi connectivity index (χ4v) is 2.18. The Morgan fingerprint density at radius 3 is 2.44 bits per heavy atom. The summed E-state index contributed by atoms with van der Waals surface area (Å²) in [5.41, 5.74) is 0.950. The monoisotopic (exact) mass is 381 g/mol. The van der Waals surface area contributed by atoms with Crippen molar-refractivity contribution in [3.05, 3.63) is 59.2 Å². The Morgan fingerprint density at radius 2 is 1.74 bits per heavy atom. The van der Waals surface area contributed by atoms with E-state index in [-0.39, 0.29) is 12.3 Å². The minimum atomic E-state index is -4.52. The van der Waals surface area contributed by atoms with Crippen LogP contribution in [0.2, 0.25) is 0 Å². The summed E-state index contributed by atoms with van der Waals surface area (Å²) < 4.78 is 48.0. The van der Waals surface area contributed by atoms with Gasteiger partial charge in [-0.2, -0.15) is 13.2 Å². The second kappa shape index (κ2) is 8.57. The Morgan fingerprint density at radius 1 is 1.04 bits per heavy atom. The van der Waals surface area contributed by atoms with Gasteiger partial charge in [0.2, 0.25) is 0 Å². The van der Waals surface area contributed by atoms with Gasteiger partial charge in [0.05, 0.1) is 5.56 Å². The van der Waals surface area contributed by atoms with Crippen LogP contribution in [0.25, 0.3) is 0 Å². The molecule has 0 aliphatic heterocycles. The second-order valence-corrected chi connectivity index (χ2v) is 5.77. The molecule has 2 aromatic rings. The topological polar surface area (TPSA) is 64.6 Å². The van der Waals surface area contributed by atoms with Crippen molar-refractivity contribution in [3.8, 4) is 5.75 Å².